The summed E-state index contributed by atoms with van der Waals surface area (Å²) in [6.45, 7) is 6.00. The third kappa shape index (κ3) is 2.65. The first-order valence-corrected chi connectivity index (χ1v) is 7.14. The summed E-state index contributed by atoms with van der Waals surface area (Å²) in [5.74, 6) is 0.800. The highest BCUT2D eigenvalue weighted by Gasteiger charge is 2.26. The molecule has 0 radical (unpaired) electrons. The Morgan fingerprint density at radius 3 is 3.06 bits per heavy atom. The molecule has 5 heteroatoms. The van der Waals surface area contributed by atoms with Crippen molar-refractivity contribution in [3.63, 3.8) is 0 Å². The molecule has 17 heavy (non-hydrogen) atoms. The Balaban J connectivity index is 2.09. The molecular formula is C12H19N3OS. The lowest BCUT2D eigenvalue weighted by atomic mass is 9.95. The van der Waals surface area contributed by atoms with Gasteiger partial charge in [0.1, 0.15) is 4.88 Å². The van der Waals surface area contributed by atoms with Crippen LogP contribution in [-0.2, 0) is 6.42 Å². The molecule has 1 atom stereocenters. The first kappa shape index (κ1) is 12.5. The Hall–Kier alpha value is -0.970. The van der Waals surface area contributed by atoms with Crippen molar-refractivity contribution in [1.82, 2.24) is 14.5 Å². The molecule has 1 amide bonds. The molecule has 1 aromatic heterocycles. The second kappa shape index (κ2) is 5.58. The average Bonchev–Trinajstić information content (AvgIpc) is 2.86. The Kier molecular flexibility index (Phi) is 4.10. The quantitative estimate of drug-likeness (QED) is 0.830. The average molecular weight is 253 g/mol. The Morgan fingerprint density at radius 2 is 2.35 bits per heavy atom. The van der Waals surface area contributed by atoms with E-state index in [1.807, 2.05) is 11.8 Å². The Morgan fingerprint density at radius 1 is 1.53 bits per heavy atom. The number of carbonyl (C=O) groups excluding carboxylic acids is 1. The van der Waals surface area contributed by atoms with Crippen LogP contribution in [0.5, 0.6) is 0 Å². The topological polar surface area (TPSA) is 46.1 Å². The lowest BCUT2D eigenvalue weighted by Gasteiger charge is -2.32. The molecule has 1 aliphatic heterocycles. The highest BCUT2D eigenvalue weighted by Crippen LogP contribution is 2.22. The molecule has 1 aromatic rings. The van der Waals surface area contributed by atoms with Crippen molar-refractivity contribution in [2.45, 2.75) is 39.5 Å². The normalized spacial score (nSPS) is 20.6. The molecule has 1 aliphatic rings. The van der Waals surface area contributed by atoms with Crippen molar-refractivity contribution in [1.29, 1.82) is 0 Å². The van der Waals surface area contributed by atoms with E-state index in [9.17, 15) is 4.79 Å². The van der Waals surface area contributed by atoms with Gasteiger partial charge in [0, 0.05) is 13.1 Å². The van der Waals surface area contributed by atoms with E-state index in [0.717, 1.165) is 42.9 Å². The maximum atomic E-state index is 12.4. The minimum absolute atomic E-state index is 0.134. The maximum Gasteiger partial charge on any atom is 0.267 e. The van der Waals surface area contributed by atoms with Gasteiger partial charge in [-0.1, -0.05) is 24.8 Å². The number of hydrogen-bond donors (Lipinski definition) is 0. The number of likely N-dealkylation sites (tertiary alicyclic amines) is 1. The van der Waals surface area contributed by atoms with Crippen molar-refractivity contribution in [3.8, 4) is 0 Å². The molecule has 0 N–H and O–H groups in total. The fourth-order valence-electron chi connectivity index (χ4n) is 2.33. The predicted octanol–water partition coefficient (Wildman–Crippen LogP) is 2.36. The smallest absolute Gasteiger partial charge is 0.267 e. The minimum atomic E-state index is 0.134. The van der Waals surface area contributed by atoms with E-state index >= 15 is 0 Å². The van der Waals surface area contributed by atoms with Crippen LogP contribution in [0.15, 0.2) is 0 Å². The fraction of sp³-hybridized carbons (Fsp3) is 0.750. The van der Waals surface area contributed by atoms with Crippen LogP contribution in [-0.4, -0.2) is 33.5 Å². The van der Waals surface area contributed by atoms with Gasteiger partial charge < -0.3 is 4.90 Å². The summed E-state index contributed by atoms with van der Waals surface area (Å²) in [5, 5.41) is 4.01. The van der Waals surface area contributed by atoms with Gasteiger partial charge in [-0.25, -0.2) is 0 Å². The number of rotatable bonds is 3. The van der Waals surface area contributed by atoms with Crippen LogP contribution in [0.2, 0.25) is 0 Å². The van der Waals surface area contributed by atoms with Crippen LogP contribution < -0.4 is 0 Å². The predicted molar refractivity (Wildman–Crippen MR) is 68.2 cm³/mol. The van der Waals surface area contributed by atoms with Crippen molar-refractivity contribution in [2.24, 2.45) is 5.92 Å². The van der Waals surface area contributed by atoms with Gasteiger partial charge in [-0.3, -0.25) is 4.79 Å². The number of piperidine rings is 1. The Bertz CT molecular complexity index is 391. The minimum Gasteiger partial charge on any atom is -0.338 e. The SMILES string of the molecule is CCc1nnsc1C(=O)N1CCC[C@H](CC)C1. The van der Waals surface area contributed by atoms with Crippen LogP contribution >= 0.6 is 11.5 Å². The third-order valence-electron chi connectivity index (χ3n) is 3.47. The monoisotopic (exact) mass is 253 g/mol. The van der Waals surface area contributed by atoms with Crippen molar-refractivity contribution >= 4 is 17.4 Å². The van der Waals surface area contributed by atoms with Crippen LogP contribution in [0.1, 0.15) is 48.5 Å². The molecule has 1 saturated heterocycles. The third-order valence-corrected chi connectivity index (χ3v) is 4.22. The number of amides is 1. The van der Waals surface area contributed by atoms with Gasteiger partial charge in [0.2, 0.25) is 0 Å². The molecule has 0 saturated carbocycles. The second-order valence-corrected chi connectivity index (χ2v) is 5.32. The summed E-state index contributed by atoms with van der Waals surface area (Å²) in [7, 11) is 0. The summed E-state index contributed by atoms with van der Waals surface area (Å²) < 4.78 is 3.89. The molecule has 0 aromatic carbocycles. The van der Waals surface area contributed by atoms with Crippen molar-refractivity contribution in [2.75, 3.05) is 13.1 Å². The summed E-state index contributed by atoms with van der Waals surface area (Å²) >= 11 is 1.23. The summed E-state index contributed by atoms with van der Waals surface area (Å²) in [5.41, 5.74) is 0.846. The number of nitrogens with zero attached hydrogens (tertiary/aromatic N) is 3. The number of aromatic nitrogens is 2. The molecular weight excluding hydrogens is 234 g/mol. The molecule has 2 rings (SSSR count). The van der Waals surface area contributed by atoms with E-state index in [4.69, 9.17) is 0 Å². The first-order chi connectivity index (χ1) is 8.26. The molecule has 2 heterocycles. The molecule has 94 valence electrons. The van der Waals surface area contributed by atoms with E-state index in [2.05, 4.69) is 16.5 Å². The van der Waals surface area contributed by atoms with Gasteiger partial charge in [0.15, 0.2) is 0 Å². The second-order valence-electron chi connectivity index (χ2n) is 4.57. The molecule has 4 nitrogen and oxygen atoms in total. The largest absolute Gasteiger partial charge is 0.338 e. The van der Waals surface area contributed by atoms with Gasteiger partial charge >= 0.3 is 0 Å². The maximum absolute atomic E-state index is 12.4. The van der Waals surface area contributed by atoms with Gasteiger partial charge in [-0.2, -0.15) is 0 Å². The van der Waals surface area contributed by atoms with Crippen LogP contribution in [0.4, 0.5) is 0 Å². The standard InChI is InChI=1S/C12H19N3OS/c1-3-9-6-5-7-15(8-9)12(16)11-10(4-2)13-14-17-11/h9H,3-8H2,1-2H3/t9-/m0/s1. The molecule has 1 fully saturated rings. The van der Waals surface area contributed by atoms with Gasteiger partial charge in [0.05, 0.1) is 5.69 Å². The van der Waals surface area contributed by atoms with Gasteiger partial charge in [-0.05, 0) is 36.7 Å². The highest BCUT2D eigenvalue weighted by atomic mass is 32.1. The summed E-state index contributed by atoms with van der Waals surface area (Å²) in [6, 6.07) is 0. The van der Waals surface area contributed by atoms with Crippen LogP contribution in [0.25, 0.3) is 0 Å². The Labute approximate surface area is 106 Å². The summed E-state index contributed by atoms with van der Waals surface area (Å²) in [6.07, 6.45) is 4.31. The van der Waals surface area contributed by atoms with Crippen molar-refractivity contribution < 1.29 is 4.79 Å². The zero-order chi connectivity index (χ0) is 12.3. The van der Waals surface area contributed by atoms with E-state index in [1.165, 1.54) is 18.0 Å². The first-order valence-electron chi connectivity index (χ1n) is 6.36. The van der Waals surface area contributed by atoms with Gasteiger partial charge in [0.25, 0.3) is 5.91 Å². The van der Waals surface area contributed by atoms with Crippen molar-refractivity contribution in [3.05, 3.63) is 10.6 Å². The zero-order valence-corrected chi connectivity index (χ0v) is 11.3. The summed E-state index contributed by atoms with van der Waals surface area (Å²) in [4.78, 5) is 15.1. The number of carbonyl (C=O) groups is 1. The highest BCUT2D eigenvalue weighted by molar-refractivity contribution is 7.08. The lowest BCUT2D eigenvalue weighted by Crippen LogP contribution is -2.39. The number of aryl methyl sites for hydroxylation is 1. The zero-order valence-electron chi connectivity index (χ0n) is 10.5. The molecule has 0 bridgehead atoms. The van der Waals surface area contributed by atoms with E-state index in [1.54, 1.807) is 0 Å². The molecule has 0 spiro atoms. The molecule has 0 aliphatic carbocycles. The lowest BCUT2D eigenvalue weighted by molar-refractivity contribution is 0.0675. The fourth-order valence-corrected chi connectivity index (χ4v) is 3.05. The van der Waals surface area contributed by atoms with E-state index in [-0.39, 0.29) is 5.91 Å². The molecule has 0 unspecified atom stereocenters. The number of hydrogen-bond acceptors (Lipinski definition) is 4. The van der Waals surface area contributed by atoms with E-state index < -0.39 is 0 Å². The van der Waals surface area contributed by atoms with Gasteiger partial charge in [-0.15, -0.1) is 5.10 Å². The van der Waals surface area contributed by atoms with Crippen LogP contribution in [0.3, 0.4) is 0 Å². The van der Waals surface area contributed by atoms with Crippen LogP contribution in [0, 0.1) is 5.92 Å². The van der Waals surface area contributed by atoms with E-state index in [0.29, 0.717) is 5.92 Å².